The number of carbonyl (C=O) groups excluding carboxylic acids is 6. The van der Waals surface area contributed by atoms with Crippen molar-refractivity contribution in [1.82, 2.24) is 35.9 Å². The molecule has 3 aliphatic heterocycles. The molecule has 3 fully saturated rings. The first-order valence-corrected chi connectivity index (χ1v) is 17.7. The molecule has 1 aromatic heterocycles. The zero-order valence-electron chi connectivity index (χ0n) is 28.2. The first-order chi connectivity index (χ1) is 25.7. The number of Topliss-reactive ketones (excluding diaryl/α,β-unsaturated/α-hetero) is 1. The molecule has 0 bridgehead atoms. The van der Waals surface area contributed by atoms with E-state index in [1.54, 1.807) is 0 Å². The molecule has 3 saturated heterocycles. The number of carbonyl (C=O) groups is 8. The van der Waals surface area contributed by atoms with Gasteiger partial charge < -0.3 is 51.6 Å². The van der Waals surface area contributed by atoms with Gasteiger partial charge in [-0.3, -0.25) is 34.3 Å². The molecule has 23 nitrogen and oxygen atoms in total. The van der Waals surface area contributed by atoms with Crippen LogP contribution < -0.4 is 21.8 Å². The van der Waals surface area contributed by atoms with Crippen LogP contribution in [0.3, 0.4) is 0 Å². The number of thioether (sulfide) groups is 1. The number of nitrogens with zero attached hydrogens (tertiary/aromatic N) is 5. The molecule has 0 spiro atoms. The fourth-order valence-electron chi connectivity index (χ4n) is 5.27. The molecule has 4 atom stereocenters. The number of hydrogen-bond acceptors (Lipinski definition) is 17. The van der Waals surface area contributed by atoms with E-state index in [1.165, 1.54) is 19.2 Å². The maximum absolute atomic E-state index is 13.5. The molecule has 3 aliphatic rings. The maximum atomic E-state index is 13.5. The summed E-state index contributed by atoms with van der Waals surface area (Å²) in [6.07, 6.45) is 0. The van der Waals surface area contributed by atoms with E-state index in [4.69, 9.17) is 22.2 Å². The minimum Gasteiger partial charge on any atom is -0.504 e. The van der Waals surface area contributed by atoms with Crippen molar-refractivity contribution in [2.24, 2.45) is 5.16 Å². The Kier molecular flexibility index (Phi) is 11.0. The van der Waals surface area contributed by atoms with E-state index in [0.717, 1.165) is 33.3 Å². The van der Waals surface area contributed by atoms with Crippen molar-refractivity contribution >= 4 is 92.9 Å². The van der Waals surface area contributed by atoms with Gasteiger partial charge in [0, 0.05) is 11.9 Å². The molecule has 0 saturated carbocycles. The lowest BCUT2D eigenvalue weighted by Gasteiger charge is -2.41. The SMILES string of the molecule is CC(C)(O/N=C(\C(=O)NC1C(=O)N2C[C@@](C(=O)O)(N3CCN(NC(=O)C(CO)NC(=O)C(=O)c4ccc(O)c(O)c4Cl)C3=O)S[C@H]12)c1csc(N)n1)C(=O)O. The minimum absolute atomic E-state index is 0.0293. The second-order valence-corrected chi connectivity index (χ2v) is 15.0. The summed E-state index contributed by atoms with van der Waals surface area (Å²) in [5.74, 6) is -10.3. The zero-order chi connectivity index (χ0) is 40.7. The lowest BCUT2D eigenvalue weighted by molar-refractivity contribution is -0.161. The third-order valence-corrected chi connectivity index (χ3v) is 11.1. The summed E-state index contributed by atoms with van der Waals surface area (Å²) in [6.45, 7) is 0.109. The highest BCUT2D eigenvalue weighted by atomic mass is 35.5. The molecule has 10 N–H and O–H groups in total. The van der Waals surface area contributed by atoms with Crippen LogP contribution in [0.1, 0.15) is 29.9 Å². The topological polar surface area (TPSA) is 344 Å². The molecule has 5 rings (SSSR count). The van der Waals surface area contributed by atoms with Crippen molar-refractivity contribution < 1.29 is 68.7 Å². The molecule has 2 unspecified atom stereocenters. The van der Waals surface area contributed by atoms with Gasteiger partial charge in [-0.1, -0.05) is 28.5 Å². The van der Waals surface area contributed by atoms with Crippen molar-refractivity contribution in [3.05, 3.63) is 33.8 Å². The normalized spacial score (nSPS) is 21.4. The number of hydrazine groups is 1. The second kappa shape index (κ2) is 15.1. The predicted octanol–water partition coefficient (Wildman–Crippen LogP) is -2.32. The number of rotatable bonds is 14. The molecule has 1 aromatic carbocycles. The van der Waals surface area contributed by atoms with Gasteiger partial charge in [0.1, 0.15) is 23.2 Å². The van der Waals surface area contributed by atoms with E-state index >= 15 is 0 Å². The maximum Gasteiger partial charge on any atom is 0.350 e. The van der Waals surface area contributed by atoms with Crippen LogP contribution in [0.25, 0.3) is 0 Å². The predicted molar refractivity (Wildman–Crippen MR) is 186 cm³/mol. The number of oxime groups is 1. The van der Waals surface area contributed by atoms with E-state index in [2.05, 4.69) is 20.9 Å². The highest BCUT2D eigenvalue weighted by molar-refractivity contribution is 8.02. The van der Waals surface area contributed by atoms with Gasteiger partial charge in [0.05, 0.1) is 30.3 Å². The van der Waals surface area contributed by atoms with Crippen molar-refractivity contribution in [2.75, 3.05) is 32.0 Å². The second-order valence-electron chi connectivity index (χ2n) is 12.3. The van der Waals surface area contributed by atoms with Crippen LogP contribution in [-0.2, 0) is 33.6 Å². The monoisotopic (exact) mass is 827 g/mol. The summed E-state index contributed by atoms with van der Waals surface area (Å²) in [5.41, 5.74) is 4.76. The number of phenols is 2. The van der Waals surface area contributed by atoms with Gasteiger partial charge in [-0.15, -0.1) is 11.3 Å². The Bertz CT molecular complexity index is 2050. The van der Waals surface area contributed by atoms with Crippen molar-refractivity contribution in [3.8, 4) is 11.5 Å². The van der Waals surface area contributed by atoms with Crippen molar-refractivity contribution in [3.63, 3.8) is 0 Å². The number of thiazole rings is 1. The number of nitrogen functional groups attached to an aromatic ring is 1. The average molecular weight is 828 g/mol. The van der Waals surface area contributed by atoms with E-state index in [9.17, 15) is 63.9 Å². The molecule has 0 radical (unpaired) electrons. The smallest absolute Gasteiger partial charge is 0.350 e. The van der Waals surface area contributed by atoms with Gasteiger partial charge >= 0.3 is 18.0 Å². The number of aliphatic hydroxyl groups is 1. The Labute approximate surface area is 321 Å². The number of aliphatic hydroxyl groups excluding tert-OH is 1. The molecule has 294 valence electrons. The van der Waals surface area contributed by atoms with E-state index in [0.29, 0.717) is 16.8 Å². The van der Waals surface area contributed by atoms with Crippen LogP contribution in [-0.4, -0.2) is 153 Å². The van der Waals surface area contributed by atoms with Crippen molar-refractivity contribution in [1.29, 1.82) is 0 Å². The van der Waals surface area contributed by atoms with Crippen LogP contribution in [0.2, 0.25) is 5.02 Å². The number of anilines is 1. The number of nitrogens with one attached hydrogen (secondary N) is 3. The number of hydrogen-bond donors (Lipinski definition) is 9. The van der Waals surface area contributed by atoms with Gasteiger partial charge in [-0.2, -0.15) is 0 Å². The number of benzene rings is 1. The van der Waals surface area contributed by atoms with Gasteiger partial charge in [0.2, 0.25) is 16.4 Å². The average Bonchev–Trinajstić information content (AvgIpc) is 3.83. The van der Waals surface area contributed by atoms with Gasteiger partial charge in [0.15, 0.2) is 22.3 Å². The number of carboxylic acids is 2. The number of ketones is 1. The highest BCUT2D eigenvalue weighted by Crippen LogP contribution is 2.49. The summed E-state index contributed by atoms with van der Waals surface area (Å²) in [6, 6.07) is -2.41. The number of amides is 6. The fraction of sp³-hybridized carbons (Fsp3) is 0.379. The first kappa shape index (κ1) is 40.3. The third kappa shape index (κ3) is 7.45. The molecule has 55 heavy (non-hydrogen) atoms. The van der Waals surface area contributed by atoms with Crippen LogP contribution in [0.15, 0.2) is 22.7 Å². The van der Waals surface area contributed by atoms with E-state index in [-0.39, 0.29) is 23.9 Å². The number of nitrogens with two attached hydrogens (primary N) is 1. The summed E-state index contributed by atoms with van der Waals surface area (Å²) in [4.78, 5) is 111. The molecular formula is C29H30ClN9O14S2. The van der Waals surface area contributed by atoms with E-state index in [1.807, 2.05) is 5.32 Å². The van der Waals surface area contributed by atoms with Gasteiger partial charge in [-0.05, 0) is 26.0 Å². The molecule has 6 amide bonds. The Morgan fingerprint density at radius 2 is 1.84 bits per heavy atom. The van der Waals surface area contributed by atoms with Crippen LogP contribution >= 0.6 is 34.7 Å². The van der Waals surface area contributed by atoms with Gasteiger partial charge in [-0.25, -0.2) is 24.4 Å². The zero-order valence-corrected chi connectivity index (χ0v) is 30.6. The van der Waals surface area contributed by atoms with Crippen LogP contribution in [0.5, 0.6) is 11.5 Å². The Morgan fingerprint density at radius 1 is 1.15 bits per heavy atom. The van der Waals surface area contributed by atoms with Crippen molar-refractivity contribution in [2.45, 2.75) is 41.8 Å². The number of halogens is 1. The summed E-state index contributed by atoms with van der Waals surface area (Å²) in [5, 5.41) is 57.2. The Hall–Kier alpha value is -5.92. The number of carboxylic acid groups (broad SMARTS) is 2. The number of aromatic nitrogens is 1. The molecule has 2 aromatic rings. The Balaban J connectivity index is 1.26. The van der Waals surface area contributed by atoms with E-state index < -0.39 is 116 Å². The molecule has 0 aliphatic carbocycles. The standard InChI is InChI=1S/C29H30ClN9O14S2/c1-28(2,24(48)49)53-36-15(12-8-54-26(31)33-12)20(45)34-16-22(47)37-9-29(25(50)51,55-23(16)37)38-5-6-39(27(38)52)35-19(44)11(7-40)32-21(46)17(42)10-3-4-13(41)18(43)14(10)30/h3-4,8,11,16,23,40-41,43H,5-7,9H2,1-2H3,(H2,31,33)(H,32,46)(H,34,45)(H,35,44)(H,48,49)(H,50,51)/b36-15-/t11?,16?,23-,29-/m1/s1. The molecule has 4 heterocycles. The Morgan fingerprint density at radius 3 is 2.44 bits per heavy atom. The number of aliphatic carboxylic acids is 2. The van der Waals surface area contributed by atoms with Gasteiger partial charge in [0.25, 0.3) is 23.5 Å². The highest BCUT2D eigenvalue weighted by Gasteiger charge is 2.66. The molecule has 26 heteroatoms. The molecular weight excluding hydrogens is 798 g/mol. The number of phenolic OH excluding ortho intramolecular Hbond substituents is 2. The summed E-state index contributed by atoms with van der Waals surface area (Å²) in [7, 11) is 0. The first-order valence-electron chi connectivity index (χ1n) is 15.5. The quantitative estimate of drug-likeness (QED) is 0.0241. The lowest BCUT2D eigenvalue weighted by atomic mass is 10.1. The number of aromatic hydroxyl groups is 2. The minimum atomic E-state index is -2.13. The fourth-order valence-corrected chi connectivity index (χ4v) is 7.70. The lowest BCUT2D eigenvalue weighted by Crippen LogP contribution is -2.68. The largest absolute Gasteiger partial charge is 0.504 e. The summed E-state index contributed by atoms with van der Waals surface area (Å²) < 4.78 is 0. The van der Waals surface area contributed by atoms with Crippen LogP contribution in [0.4, 0.5) is 9.93 Å². The number of urea groups is 1. The van der Waals surface area contributed by atoms with Crippen LogP contribution in [0, 0.1) is 0 Å². The number of fused-ring (bicyclic) bond motifs is 1. The summed E-state index contributed by atoms with van der Waals surface area (Å²) >= 11 is 7.40. The number of β-lactam (4-membered cyclic amide) rings is 1. The third-order valence-electron chi connectivity index (χ3n) is 8.36.